The van der Waals surface area contributed by atoms with Crippen LogP contribution >= 0.6 is 0 Å². The number of aromatic nitrogens is 2. The number of hydrogen-bond acceptors (Lipinski definition) is 2. The number of rotatable bonds is 3. The molecule has 0 amide bonds. The Morgan fingerprint density at radius 2 is 2.25 bits per heavy atom. The Hall–Kier alpha value is -1.84. The van der Waals surface area contributed by atoms with Crippen molar-refractivity contribution in [2.75, 3.05) is 7.11 Å². The van der Waals surface area contributed by atoms with Crippen LogP contribution in [-0.4, -0.2) is 16.7 Å². The maximum atomic E-state index is 13.4. The average molecular weight is 220 g/mol. The van der Waals surface area contributed by atoms with Gasteiger partial charge in [0.15, 0.2) is 11.6 Å². The van der Waals surface area contributed by atoms with Crippen LogP contribution < -0.4 is 4.74 Å². The second-order valence-corrected chi connectivity index (χ2v) is 3.57. The normalized spacial score (nSPS) is 10.4. The first kappa shape index (κ1) is 10.7. The van der Waals surface area contributed by atoms with Crippen LogP contribution in [0.15, 0.2) is 30.6 Å². The summed E-state index contributed by atoms with van der Waals surface area (Å²) in [6, 6.07) is 4.97. The number of halogens is 1. The SMILES string of the molecule is COc1ccc(Cn2ccnc2C)cc1F. The Kier molecular flexibility index (Phi) is 2.90. The zero-order valence-corrected chi connectivity index (χ0v) is 9.27. The van der Waals surface area contributed by atoms with E-state index in [2.05, 4.69) is 4.98 Å². The van der Waals surface area contributed by atoms with Gasteiger partial charge in [-0.1, -0.05) is 6.07 Å². The van der Waals surface area contributed by atoms with Crippen LogP contribution in [0.2, 0.25) is 0 Å². The quantitative estimate of drug-likeness (QED) is 0.794. The Morgan fingerprint density at radius 1 is 1.44 bits per heavy atom. The van der Waals surface area contributed by atoms with E-state index in [4.69, 9.17) is 4.74 Å². The molecular formula is C12H13FN2O. The highest BCUT2D eigenvalue weighted by Crippen LogP contribution is 2.18. The molecule has 0 N–H and O–H groups in total. The van der Waals surface area contributed by atoms with Gasteiger partial charge in [-0.25, -0.2) is 9.37 Å². The summed E-state index contributed by atoms with van der Waals surface area (Å²) in [6.45, 7) is 2.53. The first-order valence-electron chi connectivity index (χ1n) is 5.01. The van der Waals surface area contributed by atoms with Crippen LogP contribution in [0.1, 0.15) is 11.4 Å². The van der Waals surface area contributed by atoms with E-state index in [1.165, 1.54) is 13.2 Å². The van der Waals surface area contributed by atoms with Crippen LogP contribution in [-0.2, 0) is 6.54 Å². The van der Waals surface area contributed by atoms with Crippen molar-refractivity contribution >= 4 is 0 Å². The van der Waals surface area contributed by atoms with Gasteiger partial charge >= 0.3 is 0 Å². The van der Waals surface area contributed by atoms with Gasteiger partial charge in [0.05, 0.1) is 7.11 Å². The molecule has 0 aliphatic rings. The highest BCUT2D eigenvalue weighted by atomic mass is 19.1. The van der Waals surface area contributed by atoms with E-state index >= 15 is 0 Å². The number of ether oxygens (including phenoxy) is 1. The van der Waals surface area contributed by atoms with Gasteiger partial charge in [-0.2, -0.15) is 0 Å². The van der Waals surface area contributed by atoms with Gasteiger partial charge in [-0.15, -0.1) is 0 Å². The van der Waals surface area contributed by atoms with Crippen molar-refractivity contribution in [1.82, 2.24) is 9.55 Å². The third kappa shape index (κ3) is 2.05. The summed E-state index contributed by atoms with van der Waals surface area (Å²) in [6.07, 6.45) is 3.60. The first-order chi connectivity index (χ1) is 7.70. The number of aryl methyl sites for hydroxylation is 1. The highest BCUT2D eigenvalue weighted by Gasteiger charge is 2.04. The average Bonchev–Trinajstić information content (AvgIpc) is 2.65. The summed E-state index contributed by atoms with van der Waals surface area (Å²) in [4.78, 5) is 4.11. The molecule has 0 unspecified atom stereocenters. The molecule has 3 nitrogen and oxygen atoms in total. The molecule has 0 bridgehead atoms. The first-order valence-corrected chi connectivity index (χ1v) is 5.01. The van der Waals surface area contributed by atoms with Crippen LogP contribution in [0, 0.1) is 12.7 Å². The molecule has 0 saturated heterocycles. The summed E-state index contributed by atoms with van der Waals surface area (Å²) in [5.41, 5.74) is 0.888. The lowest BCUT2D eigenvalue weighted by molar-refractivity contribution is 0.386. The van der Waals surface area contributed by atoms with Gasteiger partial charge in [0, 0.05) is 18.9 Å². The fourth-order valence-electron chi connectivity index (χ4n) is 1.58. The molecule has 2 aromatic rings. The molecule has 1 heterocycles. The topological polar surface area (TPSA) is 27.1 Å². The number of nitrogens with zero attached hydrogens (tertiary/aromatic N) is 2. The van der Waals surface area contributed by atoms with E-state index in [1.807, 2.05) is 23.8 Å². The van der Waals surface area contributed by atoms with Gasteiger partial charge in [0.25, 0.3) is 0 Å². The smallest absolute Gasteiger partial charge is 0.165 e. The number of methoxy groups -OCH3 is 1. The summed E-state index contributed by atoms with van der Waals surface area (Å²) in [5.74, 6) is 0.847. The maximum Gasteiger partial charge on any atom is 0.165 e. The van der Waals surface area contributed by atoms with Crippen LogP contribution in [0.4, 0.5) is 4.39 Å². The van der Waals surface area contributed by atoms with Crippen LogP contribution in [0.3, 0.4) is 0 Å². The fourth-order valence-corrected chi connectivity index (χ4v) is 1.58. The van der Waals surface area contributed by atoms with Crippen molar-refractivity contribution in [2.24, 2.45) is 0 Å². The van der Waals surface area contributed by atoms with Gasteiger partial charge in [0.1, 0.15) is 5.82 Å². The van der Waals surface area contributed by atoms with Gasteiger partial charge in [-0.05, 0) is 24.6 Å². The Bertz CT molecular complexity index is 494. The molecule has 16 heavy (non-hydrogen) atoms. The molecule has 0 fully saturated rings. The second-order valence-electron chi connectivity index (χ2n) is 3.57. The minimum atomic E-state index is -0.335. The van der Waals surface area contributed by atoms with Crippen LogP contribution in [0.5, 0.6) is 5.75 Å². The third-order valence-corrected chi connectivity index (χ3v) is 2.49. The predicted molar refractivity (Wildman–Crippen MR) is 59.0 cm³/mol. The lowest BCUT2D eigenvalue weighted by atomic mass is 10.2. The van der Waals surface area contributed by atoms with Crippen LogP contribution in [0.25, 0.3) is 0 Å². The van der Waals surface area contributed by atoms with E-state index < -0.39 is 0 Å². The Labute approximate surface area is 93.5 Å². The van der Waals surface area contributed by atoms with E-state index in [-0.39, 0.29) is 11.6 Å². The van der Waals surface area contributed by atoms with Gasteiger partial charge in [-0.3, -0.25) is 0 Å². The molecule has 1 aromatic carbocycles. The zero-order valence-electron chi connectivity index (χ0n) is 9.27. The van der Waals surface area contributed by atoms with Crippen molar-refractivity contribution in [3.63, 3.8) is 0 Å². The van der Waals surface area contributed by atoms with Crippen molar-refractivity contribution in [3.8, 4) is 5.75 Å². The number of imidazole rings is 1. The van der Waals surface area contributed by atoms with Crippen molar-refractivity contribution in [3.05, 3.63) is 47.8 Å². The molecule has 84 valence electrons. The molecule has 0 saturated carbocycles. The largest absolute Gasteiger partial charge is 0.494 e. The summed E-state index contributed by atoms with van der Waals surface area (Å²) in [7, 11) is 1.46. The standard InChI is InChI=1S/C12H13FN2O/c1-9-14-5-6-15(9)8-10-3-4-12(16-2)11(13)7-10/h3-7H,8H2,1-2H3. The maximum absolute atomic E-state index is 13.4. The third-order valence-electron chi connectivity index (χ3n) is 2.49. The molecule has 1 aromatic heterocycles. The van der Waals surface area contributed by atoms with Crippen molar-refractivity contribution < 1.29 is 9.13 Å². The van der Waals surface area contributed by atoms with E-state index in [9.17, 15) is 4.39 Å². The predicted octanol–water partition coefficient (Wildman–Crippen LogP) is 2.39. The Morgan fingerprint density at radius 3 is 2.81 bits per heavy atom. The van der Waals surface area contributed by atoms with Crippen molar-refractivity contribution in [1.29, 1.82) is 0 Å². The number of benzene rings is 1. The molecule has 0 aliphatic carbocycles. The Balaban J connectivity index is 2.23. The minimum absolute atomic E-state index is 0.270. The van der Waals surface area contributed by atoms with E-state index in [1.54, 1.807) is 12.3 Å². The van der Waals surface area contributed by atoms with E-state index in [0.29, 0.717) is 6.54 Å². The molecular weight excluding hydrogens is 207 g/mol. The fraction of sp³-hybridized carbons (Fsp3) is 0.250. The second kappa shape index (κ2) is 4.35. The van der Waals surface area contributed by atoms with Gasteiger partial charge < -0.3 is 9.30 Å². The van der Waals surface area contributed by atoms with Gasteiger partial charge in [0.2, 0.25) is 0 Å². The van der Waals surface area contributed by atoms with Crippen molar-refractivity contribution in [2.45, 2.75) is 13.5 Å². The number of hydrogen-bond donors (Lipinski definition) is 0. The minimum Gasteiger partial charge on any atom is -0.494 e. The molecule has 0 radical (unpaired) electrons. The summed E-state index contributed by atoms with van der Waals surface area (Å²) >= 11 is 0. The molecule has 0 spiro atoms. The molecule has 0 aliphatic heterocycles. The molecule has 4 heteroatoms. The molecule has 0 atom stereocenters. The lowest BCUT2D eigenvalue weighted by Crippen LogP contribution is -2.01. The molecule has 2 rings (SSSR count). The van der Waals surface area contributed by atoms with E-state index in [0.717, 1.165) is 11.4 Å². The zero-order chi connectivity index (χ0) is 11.5. The monoisotopic (exact) mass is 220 g/mol. The summed E-state index contributed by atoms with van der Waals surface area (Å²) in [5, 5.41) is 0. The highest BCUT2D eigenvalue weighted by molar-refractivity contribution is 5.29. The lowest BCUT2D eigenvalue weighted by Gasteiger charge is -2.07. The summed E-state index contributed by atoms with van der Waals surface area (Å²) < 4.78 is 20.3.